The number of piperazine rings is 1. The van der Waals surface area contributed by atoms with Crippen LogP contribution in [0.1, 0.15) is 12.8 Å². The molecule has 0 unspecified atom stereocenters. The number of carboxylic acid groups (broad SMARTS) is 1. The molecule has 0 aromatic carbocycles. The maximum Gasteiger partial charge on any atom is 0.306 e. The number of carbonyl (C=O) groups is 2. The largest absolute Gasteiger partial charge is 0.481 e. The first-order valence-corrected chi connectivity index (χ1v) is 7.91. The first kappa shape index (κ1) is 15.5. The van der Waals surface area contributed by atoms with Crippen LogP contribution in [-0.2, 0) is 9.59 Å². The van der Waals surface area contributed by atoms with Gasteiger partial charge in [-0.15, -0.1) is 0 Å². The van der Waals surface area contributed by atoms with E-state index < -0.39 is 5.97 Å². The van der Waals surface area contributed by atoms with Gasteiger partial charge in [0.2, 0.25) is 6.41 Å². The number of aromatic nitrogens is 2. The lowest BCUT2D eigenvalue weighted by atomic mass is 9.97. The fourth-order valence-electron chi connectivity index (χ4n) is 3.10. The molecule has 1 aromatic rings. The normalized spacial score (nSPS) is 19.7. The Morgan fingerprint density at radius 3 is 2.13 bits per heavy atom. The summed E-state index contributed by atoms with van der Waals surface area (Å²) in [4.78, 5) is 36.5. The van der Waals surface area contributed by atoms with E-state index in [1.807, 2.05) is 6.07 Å². The number of rotatable bonds is 4. The molecule has 2 saturated heterocycles. The summed E-state index contributed by atoms with van der Waals surface area (Å²) in [5, 5.41) is 9.07. The quantitative estimate of drug-likeness (QED) is 0.785. The van der Waals surface area contributed by atoms with E-state index in [0.717, 1.165) is 31.1 Å². The molecule has 0 aliphatic carbocycles. The van der Waals surface area contributed by atoms with Crippen molar-refractivity contribution in [1.29, 1.82) is 0 Å². The summed E-state index contributed by atoms with van der Waals surface area (Å²) in [6.07, 6.45) is 3.73. The third kappa shape index (κ3) is 3.52. The van der Waals surface area contributed by atoms with E-state index in [0.29, 0.717) is 39.0 Å². The first-order valence-electron chi connectivity index (χ1n) is 7.91. The molecule has 0 radical (unpaired) electrons. The third-order valence-corrected chi connectivity index (χ3v) is 4.59. The molecular weight excluding hydrogens is 298 g/mol. The number of amides is 1. The molecule has 1 aromatic heterocycles. The Kier molecular flexibility index (Phi) is 4.59. The minimum absolute atomic E-state index is 0.246. The number of anilines is 2. The topological polar surface area (TPSA) is 89.9 Å². The van der Waals surface area contributed by atoms with Crippen LogP contribution in [0.3, 0.4) is 0 Å². The fourth-order valence-corrected chi connectivity index (χ4v) is 3.10. The van der Waals surface area contributed by atoms with Crippen molar-refractivity contribution in [3.63, 3.8) is 0 Å². The van der Waals surface area contributed by atoms with Crippen LogP contribution in [0.25, 0.3) is 0 Å². The van der Waals surface area contributed by atoms with Gasteiger partial charge < -0.3 is 19.8 Å². The van der Waals surface area contributed by atoms with Crippen LogP contribution >= 0.6 is 0 Å². The zero-order valence-electron chi connectivity index (χ0n) is 13.0. The smallest absolute Gasteiger partial charge is 0.306 e. The van der Waals surface area contributed by atoms with Gasteiger partial charge in [0.1, 0.15) is 18.0 Å². The molecule has 0 bridgehead atoms. The second kappa shape index (κ2) is 6.80. The molecule has 0 atom stereocenters. The number of carboxylic acids is 1. The van der Waals surface area contributed by atoms with Gasteiger partial charge in [-0.3, -0.25) is 9.59 Å². The molecule has 0 saturated carbocycles. The van der Waals surface area contributed by atoms with Crippen molar-refractivity contribution >= 4 is 24.0 Å². The Labute approximate surface area is 134 Å². The second-order valence-corrected chi connectivity index (χ2v) is 5.96. The van der Waals surface area contributed by atoms with Crippen molar-refractivity contribution in [1.82, 2.24) is 14.9 Å². The lowest BCUT2D eigenvalue weighted by Gasteiger charge is -2.34. The van der Waals surface area contributed by atoms with E-state index in [1.165, 1.54) is 0 Å². The van der Waals surface area contributed by atoms with Crippen molar-refractivity contribution < 1.29 is 14.7 Å². The van der Waals surface area contributed by atoms with Crippen LogP contribution in [0.5, 0.6) is 0 Å². The highest BCUT2D eigenvalue weighted by molar-refractivity contribution is 5.70. The predicted octanol–water partition coefficient (Wildman–Crippen LogP) is 0.0560. The molecule has 8 heteroatoms. The lowest BCUT2D eigenvalue weighted by Crippen LogP contribution is -2.46. The molecule has 124 valence electrons. The summed E-state index contributed by atoms with van der Waals surface area (Å²) in [6, 6.07) is 1.96. The van der Waals surface area contributed by atoms with Crippen LogP contribution in [-0.4, -0.2) is 71.6 Å². The first-order chi connectivity index (χ1) is 11.2. The lowest BCUT2D eigenvalue weighted by molar-refractivity contribution is -0.142. The number of hydrogen-bond acceptors (Lipinski definition) is 6. The Bertz CT molecular complexity index is 566. The fraction of sp³-hybridized carbons (Fsp3) is 0.600. The van der Waals surface area contributed by atoms with E-state index >= 15 is 0 Å². The summed E-state index contributed by atoms with van der Waals surface area (Å²) < 4.78 is 0. The summed E-state index contributed by atoms with van der Waals surface area (Å²) >= 11 is 0. The highest BCUT2D eigenvalue weighted by Crippen LogP contribution is 2.24. The third-order valence-electron chi connectivity index (χ3n) is 4.59. The van der Waals surface area contributed by atoms with Crippen molar-refractivity contribution in [3.8, 4) is 0 Å². The zero-order chi connectivity index (χ0) is 16.2. The Hall–Kier alpha value is -2.38. The number of hydrogen-bond donors (Lipinski definition) is 1. The number of aliphatic carboxylic acids is 1. The van der Waals surface area contributed by atoms with Gasteiger partial charge in [0.25, 0.3) is 0 Å². The van der Waals surface area contributed by atoms with Gasteiger partial charge >= 0.3 is 5.97 Å². The minimum atomic E-state index is -0.707. The van der Waals surface area contributed by atoms with Gasteiger partial charge in [-0.1, -0.05) is 0 Å². The maximum atomic E-state index is 11.0. The minimum Gasteiger partial charge on any atom is -0.481 e. The van der Waals surface area contributed by atoms with Gasteiger partial charge in [-0.2, -0.15) is 0 Å². The van der Waals surface area contributed by atoms with Crippen LogP contribution < -0.4 is 9.80 Å². The Morgan fingerprint density at radius 2 is 1.61 bits per heavy atom. The van der Waals surface area contributed by atoms with E-state index in [-0.39, 0.29) is 5.92 Å². The van der Waals surface area contributed by atoms with Crippen LogP contribution in [0.2, 0.25) is 0 Å². The standard InChI is InChI=1S/C15H21N5O3/c21-11-18-5-7-20(8-6-18)14-9-13(16-10-17-14)19-3-1-12(2-4-19)15(22)23/h9-12H,1-8H2,(H,22,23). The highest BCUT2D eigenvalue weighted by Gasteiger charge is 2.25. The monoisotopic (exact) mass is 319 g/mol. The van der Waals surface area contributed by atoms with Gasteiger partial charge in [0, 0.05) is 45.3 Å². The van der Waals surface area contributed by atoms with Crippen molar-refractivity contribution in [2.75, 3.05) is 49.1 Å². The number of piperidine rings is 1. The number of carbonyl (C=O) groups excluding carboxylic acids is 1. The van der Waals surface area contributed by atoms with Crippen molar-refractivity contribution in [2.24, 2.45) is 5.92 Å². The molecular formula is C15H21N5O3. The molecule has 23 heavy (non-hydrogen) atoms. The molecule has 8 nitrogen and oxygen atoms in total. The van der Waals surface area contributed by atoms with Crippen molar-refractivity contribution in [3.05, 3.63) is 12.4 Å². The highest BCUT2D eigenvalue weighted by atomic mass is 16.4. The van der Waals surface area contributed by atoms with Crippen LogP contribution in [0, 0.1) is 5.92 Å². The Morgan fingerprint density at radius 1 is 1.04 bits per heavy atom. The van der Waals surface area contributed by atoms with Gasteiger partial charge in [0.05, 0.1) is 5.92 Å². The average molecular weight is 319 g/mol. The van der Waals surface area contributed by atoms with E-state index in [9.17, 15) is 9.59 Å². The summed E-state index contributed by atoms with van der Waals surface area (Å²) in [5.41, 5.74) is 0. The molecule has 3 heterocycles. The predicted molar refractivity (Wildman–Crippen MR) is 84.5 cm³/mol. The molecule has 2 aliphatic heterocycles. The number of nitrogens with zero attached hydrogens (tertiary/aromatic N) is 5. The van der Waals surface area contributed by atoms with E-state index in [1.54, 1.807) is 11.2 Å². The van der Waals surface area contributed by atoms with E-state index in [4.69, 9.17) is 5.11 Å². The summed E-state index contributed by atoms with van der Waals surface area (Å²) in [5.74, 6) is 0.752. The Balaban J connectivity index is 1.64. The molecule has 0 spiro atoms. The van der Waals surface area contributed by atoms with Crippen LogP contribution in [0.15, 0.2) is 12.4 Å². The summed E-state index contributed by atoms with van der Waals surface area (Å²) in [7, 11) is 0. The molecule has 1 amide bonds. The second-order valence-electron chi connectivity index (χ2n) is 5.96. The van der Waals surface area contributed by atoms with Gasteiger partial charge in [-0.25, -0.2) is 9.97 Å². The van der Waals surface area contributed by atoms with Crippen molar-refractivity contribution in [2.45, 2.75) is 12.8 Å². The van der Waals surface area contributed by atoms with E-state index in [2.05, 4.69) is 19.8 Å². The summed E-state index contributed by atoms with van der Waals surface area (Å²) in [6.45, 7) is 4.32. The molecule has 2 fully saturated rings. The zero-order valence-corrected chi connectivity index (χ0v) is 13.0. The average Bonchev–Trinajstić information content (AvgIpc) is 2.62. The van der Waals surface area contributed by atoms with Crippen LogP contribution in [0.4, 0.5) is 11.6 Å². The SMILES string of the molecule is O=CN1CCN(c2cc(N3CCC(C(=O)O)CC3)ncn2)CC1. The van der Waals surface area contributed by atoms with Gasteiger partial charge in [-0.05, 0) is 12.8 Å². The van der Waals surface area contributed by atoms with Gasteiger partial charge in [0.15, 0.2) is 0 Å². The maximum absolute atomic E-state index is 11.0. The molecule has 1 N–H and O–H groups in total. The molecule has 2 aliphatic rings. The molecule has 3 rings (SSSR count).